The van der Waals surface area contributed by atoms with Gasteiger partial charge in [-0.25, -0.2) is 0 Å². The van der Waals surface area contributed by atoms with E-state index >= 15 is 0 Å². The highest BCUT2D eigenvalue weighted by molar-refractivity contribution is 9.10. The summed E-state index contributed by atoms with van der Waals surface area (Å²) >= 11 is 3.46. The third-order valence-corrected chi connectivity index (χ3v) is 3.41. The van der Waals surface area contributed by atoms with Gasteiger partial charge in [-0.15, -0.1) is 0 Å². The molecule has 0 radical (unpaired) electrons. The van der Waals surface area contributed by atoms with Crippen LogP contribution >= 0.6 is 15.9 Å². The molecular weight excluding hydrogens is 256 g/mol. The fourth-order valence-corrected chi connectivity index (χ4v) is 2.16. The zero-order chi connectivity index (χ0) is 11.6. The van der Waals surface area contributed by atoms with Crippen LogP contribution in [0, 0.1) is 13.8 Å². The number of carboxylic acids is 1. The zero-order valence-electron chi connectivity index (χ0n) is 9.17. The smallest absolute Gasteiger partial charge is 0.303 e. The van der Waals surface area contributed by atoms with E-state index in [0.717, 1.165) is 21.2 Å². The quantitative estimate of drug-likeness (QED) is 0.911. The molecule has 0 amide bonds. The second-order valence-electron chi connectivity index (χ2n) is 3.96. The van der Waals surface area contributed by atoms with Crippen LogP contribution in [0.2, 0.25) is 0 Å². The highest BCUT2D eigenvalue weighted by Crippen LogP contribution is 2.28. The second-order valence-corrected chi connectivity index (χ2v) is 4.81. The van der Waals surface area contributed by atoms with Crippen molar-refractivity contribution >= 4 is 21.9 Å². The monoisotopic (exact) mass is 270 g/mol. The molecular formula is C12H15BrO2. The fourth-order valence-electron chi connectivity index (χ4n) is 1.71. The molecule has 0 bridgehead atoms. The summed E-state index contributed by atoms with van der Waals surface area (Å²) in [4.78, 5) is 10.6. The molecule has 1 N–H and O–H groups in total. The molecule has 1 rings (SSSR count). The maximum absolute atomic E-state index is 10.6. The molecule has 0 aliphatic carbocycles. The van der Waals surface area contributed by atoms with Gasteiger partial charge in [0.05, 0.1) is 6.42 Å². The predicted octanol–water partition coefficient (Wildman–Crippen LogP) is 3.64. The number of hydrogen-bond acceptors (Lipinski definition) is 1. The Morgan fingerprint density at radius 3 is 2.53 bits per heavy atom. The molecule has 0 aromatic heterocycles. The van der Waals surface area contributed by atoms with Crippen LogP contribution in [0.5, 0.6) is 0 Å². The van der Waals surface area contributed by atoms with Gasteiger partial charge in [0.1, 0.15) is 0 Å². The maximum atomic E-state index is 10.6. The predicted molar refractivity (Wildman–Crippen MR) is 64.3 cm³/mol. The number of hydrogen-bond donors (Lipinski definition) is 1. The van der Waals surface area contributed by atoms with Gasteiger partial charge in [-0.1, -0.05) is 28.9 Å². The summed E-state index contributed by atoms with van der Waals surface area (Å²) in [6.07, 6.45) is 0.182. The molecule has 0 saturated heterocycles. The Morgan fingerprint density at radius 2 is 2.00 bits per heavy atom. The van der Waals surface area contributed by atoms with E-state index in [4.69, 9.17) is 5.11 Å². The van der Waals surface area contributed by atoms with E-state index in [0.29, 0.717) is 0 Å². The molecule has 0 aliphatic rings. The zero-order valence-corrected chi connectivity index (χ0v) is 10.8. The van der Waals surface area contributed by atoms with Gasteiger partial charge in [-0.3, -0.25) is 4.79 Å². The van der Waals surface area contributed by atoms with Crippen molar-refractivity contribution in [1.29, 1.82) is 0 Å². The van der Waals surface area contributed by atoms with Crippen molar-refractivity contribution in [3.05, 3.63) is 33.3 Å². The first-order chi connectivity index (χ1) is 6.91. The van der Waals surface area contributed by atoms with Gasteiger partial charge in [0.15, 0.2) is 0 Å². The molecule has 2 nitrogen and oxygen atoms in total. The third-order valence-electron chi connectivity index (χ3n) is 2.56. The van der Waals surface area contributed by atoms with Crippen LogP contribution in [-0.4, -0.2) is 11.1 Å². The topological polar surface area (TPSA) is 37.3 Å². The van der Waals surface area contributed by atoms with Gasteiger partial charge in [-0.05, 0) is 42.5 Å². The maximum Gasteiger partial charge on any atom is 0.303 e. The standard InChI is InChI=1S/C12H15BrO2/c1-7-5-11(13)9(3)4-10(7)8(2)6-12(14)15/h4-5,8H,6H2,1-3H3,(H,14,15). The Kier molecular flexibility index (Phi) is 3.91. The van der Waals surface area contributed by atoms with E-state index in [1.54, 1.807) is 0 Å². The highest BCUT2D eigenvalue weighted by Gasteiger charge is 2.13. The molecule has 0 heterocycles. The lowest BCUT2D eigenvalue weighted by molar-refractivity contribution is -0.137. The number of rotatable bonds is 3. The van der Waals surface area contributed by atoms with E-state index in [9.17, 15) is 4.79 Å². The van der Waals surface area contributed by atoms with Crippen molar-refractivity contribution in [3.63, 3.8) is 0 Å². The van der Waals surface area contributed by atoms with Crippen LogP contribution in [0.1, 0.15) is 36.0 Å². The fraction of sp³-hybridized carbons (Fsp3) is 0.417. The van der Waals surface area contributed by atoms with Crippen LogP contribution < -0.4 is 0 Å². The van der Waals surface area contributed by atoms with Crippen molar-refractivity contribution < 1.29 is 9.90 Å². The lowest BCUT2D eigenvalue weighted by Gasteiger charge is -2.14. The number of benzene rings is 1. The Balaban J connectivity index is 3.03. The van der Waals surface area contributed by atoms with E-state index in [2.05, 4.69) is 22.0 Å². The summed E-state index contributed by atoms with van der Waals surface area (Å²) in [5.41, 5.74) is 3.41. The van der Waals surface area contributed by atoms with E-state index < -0.39 is 5.97 Å². The summed E-state index contributed by atoms with van der Waals surface area (Å²) in [5.74, 6) is -0.684. The van der Waals surface area contributed by atoms with Crippen molar-refractivity contribution in [2.24, 2.45) is 0 Å². The average molecular weight is 271 g/mol. The molecule has 82 valence electrons. The van der Waals surface area contributed by atoms with E-state index in [1.165, 1.54) is 0 Å². The number of halogens is 1. The van der Waals surface area contributed by atoms with Gasteiger partial charge in [0.2, 0.25) is 0 Å². The van der Waals surface area contributed by atoms with Gasteiger partial charge < -0.3 is 5.11 Å². The van der Waals surface area contributed by atoms with Crippen molar-refractivity contribution in [2.75, 3.05) is 0 Å². The minimum atomic E-state index is -0.748. The molecule has 0 aliphatic heterocycles. The van der Waals surface area contributed by atoms with Gasteiger partial charge in [0, 0.05) is 4.47 Å². The van der Waals surface area contributed by atoms with Crippen LogP contribution in [0.4, 0.5) is 0 Å². The molecule has 0 spiro atoms. The highest BCUT2D eigenvalue weighted by atomic mass is 79.9. The molecule has 0 fully saturated rings. The number of carboxylic acid groups (broad SMARTS) is 1. The number of aryl methyl sites for hydroxylation is 2. The second kappa shape index (κ2) is 4.79. The summed E-state index contributed by atoms with van der Waals surface area (Å²) < 4.78 is 1.08. The average Bonchev–Trinajstić information content (AvgIpc) is 2.09. The SMILES string of the molecule is Cc1cc(C(C)CC(=O)O)c(C)cc1Br. The summed E-state index contributed by atoms with van der Waals surface area (Å²) in [6, 6.07) is 4.11. The van der Waals surface area contributed by atoms with E-state index in [1.807, 2.05) is 26.8 Å². The van der Waals surface area contributed by atoms with Crippen molar-refractivity contribution in [1.82, 2.24) is 0 Å². The van der Waals surface area contributed by atoms with Crippen molar-refractivity contribution in [3.8, 4) is 0 Å². The van der Waals surface area contributed by atoms with Crippen LogP contribution in [0.25, 0.3) is 0 Å². The minimum Gasteiger partial charge on any atom is -0.481 e. The first-order valence-electron chi connectivity index (χ1n) is 4.90. The van der Waals surface area contributed by atoms with Crippen LogP contribution in [0.15, 0.2) is 16.6 Å². The van der Waals surface area contributed by atoms with Crippen molar-refractivity contribution in [2.45, 2.75) is 33.1 Å². The largest absolute Gasteiger partial charge is 0.481 e. The van der Waals surface area contributed by atoms with Gasteiger partial charge >= 0.3 is 5.97 Å². The summed E-state index contributed by atoms with van der Waals surface area (Å²) in [6.45, 7) is 5.97. The van der Waals surface area contributed by atoms with Gasteiger partial charge in [-0.2, -0.15) is 0 Å². The summed E-state index contributed by atoms with van der Waals surface area (Å²) in [5, 5.41) is 8.75. The minimum absolute atomic E-state index is 0.0642. The first kappa shape index (κ1) is 12.2. The molecule has 0 saturated carbocycles. The Morgan fingerprint density at radius 1 is 1.40 bits per heavy atom. The Hall–Kier alpha value is -0.830. The number of aliphatic carboxylic acids is 1. The Bertz CT molecular complexity index is 385. The van der Waals surface area contributed by atoms with Gasteiger partial charge in [0.25, 0.3) is 0 Å². The van der Waals surface area contributed by atoms with Crippen LogP contribution in [0.3, 0.4) is 0 Å². The normalized spacial score (nSPS) is 12.5. The number of carbonyl (C=O) groups is 1. The molecule has 3 heteroatoms. The summed E-state index contributed by atoms with van der Waals surface area (Å²) in [7, 11) is 0. The third kappa shape index (κ3) is 3.06. The Labute approximate surface area is 98.4 Å². The first-order valence-corrected chi connectivity index (χ1v) is 5.69. The molecule has 1 aromatic rings. The lowest BCUT2D eigenvalue weighted by atomic mass is 9.92. The molecule has 15 heavy (non-hydrogen) atoms. The lowest BCUT2D eigenvalue weighted by Crippen LogP contribution is -2.04. The molecule has 1 unspecified atom stereocenters. The molecule has 1 atom stereocenters. The van der Waals surface area contributed by atoms with E-state index in [-0.39, 0.29) is 12.3 Å². The molecule has 1 aromatic carbocycles. The van der Waals surface area contributed by atoms with Crippen LogP contribution in [-0.2, 0) is 4.79 Å².